The van der Waals surface area contributed by atoms with Crippen molar-refractivity contribution < 1.29 is 14.3 Å². The minimum absolute atomic E-state index is 0.145. The summed E-state index contributed by atoms with van der Waals surface area (Å²) in [5, 5.41) is 3.93. The van der Waals surface area contributed by atoms with Crippen molar-refractivity contribution in [3.8, 4) is 11.5 Å². The quantitative estimate of drug-likeness (QED) is 0.494. The number of hydrogen-bond donors (Lipinski definition) is 2. The molecule has 1 amide bonds. The van der Waals surface area contributed by atoms with Crippen molar-refractivity contribution in [1.29, 1.82) is 0 Å². The third-order valence-electron chi connectivity index (χ3n) is 3.80. The van der Waals surface area contributed by atoms with E-state index in [1.54, 1.807) is 25.2 Å². The van der Waals surface area contributed by atoms with Gasteiger partial charge in [-0.2, -0.15) is 0 Å². The van der Waals surface area contributed by atoms with E-state index in [4.69, 9.17) is 26.8 Å². The molecule has 150 valence electrons. The third-order valence-corrected chi connectivity index (χ3v) is 4.03. The molecule has 2 aromatic rings. The highest BCUT2D eigenvalue weighted by Gasteiger charge is 2.07. The Labute approximate surface area is 170 Å². The van der Waals surface area contributed by atoms with Crippen molar-refractivity contribution in [2.75, 3.05) is 33.9 Å². The van der Waals surface area contributed by atoms with E-state index in [0.29, 0.717) is 30.5 Å². The molecule has 0 aliphatic carbocycles. The predicted molar refractivity (Wildman–Crippen MR) is 111 cm³/mol. The van der Waals surface area contributed by atoms with Gasteiger partial charge in [0.05, 0.1) is 6.54 Å². The summed E-state index contributed by atoms with van der Waals surface area (Å²) in [5.41, 5.74) is 6.09. The van der Waals surface area contributed by atoms with Crippen LogP contribution in [0.3, 0.4) is 0 Å². The normalized spacial score (nSPS) is 11.0. The Morgan fingerprint density at radius 1 is 1.18 bits per heavy atom. The van der Waals surface area contributed by atoms with E-state index < -0.39 is 5.91 Å². The second kappa shape index (κ2) is 11.0. The molecule has 0 saturated heterocycles. The lowest BCUT2D eigenvalue weighted by Crippen LogP contribution is -2.40. The summed E-state index contributed by atoms with van der Waals surface area (Å²) in [6, 6.07) is 14.8. The van der Waals surface area contributed by atoms with E-state index in [2.05, 4.69) is 10.3 Å². The molecular weight excluding hydrogens is 380 g/mol. The van der Waals surface area contributed by atoms with Gasteiger partial charge in [-0.1, -0.05) is 29.8 Å². The Hall–Kier alpha value is -2.93. The summed E-state index contributed by atoms with van der Waals surface area (Å²) in [7, 11) is 3.66. The minimum atomic E-state index is -0.509. The van der Waals surface area contributed by atoms with Crippen molar-refractivity contribution in [2.24, 2.45) is 10.7 Å². The number of ether oxygens (including phenoxy) is 2. The number of carbonyl (C=O) groups excluding carboxylic acids is 1. The van der Waals surface area contributed by atoms with Crippen molar-refractivity contribution in [2.45, 2.75) is 6.54 Å². The molecule has 0 spiro atoms. The maximum atomic E-state index is 10.8. The van der Waals surface area contributed by atoms with Crippen LogP contribution in [-0.4, -0.2) is 50.6 Å². The van der Waals surface area contributed by atoms with Crippen LogP contribution >= 0.6 is 11.6 Å². The summed E-state index contributed by atoms with van der Waals surface area (Å²) < 4.78 is 11.0. The van der Waals surface area contributed by atoms with Crippen molar-refractivity contribution >= 4 is 23.5 Å². The first-order chi connectivity index (χ1) is 13.5. The molecule has 0 saturated carbocycles. The Morgan fingerprint density at radius 2 is 1.89 bits per heavy atom. The van der Waals surface area contributed by atoms with Gasteiger partial charge in [0, 0.05) is 25.7 Å². The Morgan fingerprint density at radius 3 is 2.57 bits per heavy atom. The lowest BCUT2D eigenvalue weighted by atomic mass is 10.2. The zero-order valence-electron chi connectivity index (χ0n) is 16.0. The Bertz CT molecular complexity index is 814. The van der Waals surface area contributed by atoms with Crippen LogP contribution in [0.1, 0.15) is 5.56 Å². The molecule has 7 nitrogen and oxygen atoms in total. The van der Waals surface area contributed by atoms with Crippen LogP contribution in [0.4, 0.5) is 0 Å². The number of rotatable bonds is 9. The molecule has 0 aromatic heterocycles. The minimum Gasteiger partial charge on any atom is -0.492 e. The average molecular weight is 405 g/mol. The number of likely N-dealkylation sites (N-methyl/N-ethyl adjacent to an activating group) is 1. The van der Waals surface area contributed by atoms with Gasteiger partial charge in [0.15, 0.2) is 12.6 Å². The zero-order valence-corrected chi connectivity index (χ0v) is 16.8. The summed E-state index contributed by atoms with van der Waals surface area (Å²) >= 11 is 5.95. The van der Waals surface area contributed by atoms with Crippen LogP contribution in [0.2, 0.25) is 5.02 Å². The molecule has 0 fully saturated rings. The topological polar surface area (TPSA) is 89.2 Å². The van der Waals surface area contributed by atoms with Gasteiger partial charge < -0.3 is 25.4 Å². The Kier molecular flexibility index (Phi) is 8.42. The maximum absolute atomic E-state index is 10.8. The largest absolute Gasteiger partial charge is 0.492 e. The van der Waals surface area contributed by atoms with Crippen molar-refractivity contribution in [1.82, 2.24) is 10.2 Å². The summed E-state index contributed by atoms with van der Waals surface area (Å²) in [6.45, 7) is 1.55. The van der Waals surface area contributed by atoms with Crippen LogP contribution in [0, 0.1) is 0 Å². The number of amides is 1. The van der Waals surface area contributed by atoms with Crippen LogP contribution < -0.4 is 20.5 Å². The maximum Gasteiger partial charge on any atom is 0.255 e. The van der Waals surface area contributed by atoms with Gasteiger partial charge in [-0.05, 0) is 35.9 Å². The second-order valence-corrected chi connectivity index (χ2v) is 6.47. The molecule has 0 atom stereocenters. The molecule has 0 bridgehead atoms. The number of aliphatic imine (C=N–C) groups is 1. The molecule has 2 rings (SSSR count). The van der Waals surface area contributed by atoms with Crippen LogP contribution in [0.15, 0.2) is 53.5 Å². The smallest absolute Gasteiger partial charge is 0.255 e. The molecule has 0 heterocycles. The van der Waals surface area contributed by atoms with Crippen LogP contribution in [-0.2, 0) is 11.3 Å². The van der Waals surface area contributed by atoms with E-state index in [1.165, 1.54) is 0 Å². The van der Waals surface area contributed by atoms with E-state index in [0.717, 1.165) is 17.3 Å². The van der Waals surface area contributed by atoms with Gasteiger partial charge in [-0.15, -0.1) is 0 Å². The van der Waals surface area contributed by atoms with E-state index in [-0.39, 0.29) is 6.61 Å². The molecular formula is C20H25ClN4O3. The number of nitrogens with zero attached hydrogens (tertiary/aromatic N) is 2. The zero-order chi connectivity index (χ0) is 20.4. The number of hydrogen-bond acceptors (Lipinski definition) is 4. The lowest BCUT2D eigenvalue weighted by molar-refractivity contribution is -0.119. The summed E-state index contributed by atoms with van der Waals surface area (Å²) in [4.78, 5) is 17.1. The van der Waals surface area contributed by atoms with Gasteiger partial charge >= 0.3 is 0 Å². The molecule has 8 heteroatoms. The highest BCUT2D eigenvalue weighted by molar-refractivity contribution is 6.30. The molecule has 2 aromatic carbocycles. The van der Waals surface area contributed by atoms with Gasteiger partial charge in [0.25, 0.3) is 5.91 Å². The summed E-state index contributed by atoms with van der Waals surface area (Å²) in [5.74, 6) is 1.55. The van der Waals surface area contributed by atoms with E-state index in [9.17, 15) is 4.79 Å². The van der Waals surface area contributed by atoms with Gasteiger partial charge in [0.1, 0.15) is 18.1 Å². The number of benzene rings is 2. The fourth-order valence-electron chi connectivity index (χ4n) is 2.43. The number of halogens is 1. The predicted octanol–water partition coefficient (Wildman–Crippen LogP) is 2.29. The highest BCUT2D eigenvalue weighted by Crippen LogP contribution is 2.17. The first kappa shape index (κ1) is 21.4. The highest BCUT2D eigenvalue weighted by atomic mass is 35.5. The fraction of sp³-hybridized carbons (Fsp3) is 0.300. The van der Waals surface area contributed by atoms with Crippen LogP contribution in [0.25, 0.3) is 0 Å². The summed E-state index contributed by atoms with van der Waals surface area (Å²) in [6.07, 6.45) is 0. The number of nitrogens with two attached hydrogens (primary N) is 1. The lowest BCUT2D eigenvalue weighted by Gasteiger charge is -2.22. The molecule has 28 heavy (non-hydrogen) atoms. The monoisotopic (exact) mass is 404 g/mol. The van der Waals surface area contributed by atoms with Gasteiger partial charge in [-0.25, -0.2) is 0 Å². The van der Waals surface area contributed by atoms with Gasteiger partial charge in [0.2, 0.25) is 0 Å². The Balaban J connectivity index is 1.81. The number of carbonyl (C=O) groups is 1. The first-order valence-electron chi connectivity index (χ1n) is 8.78. The molecule has 0 aliphatic heterocycles. The molecule has 0 unspecified atom stereocenters. The average Bonchev–Trinajstić information content (AvgIpc) is 2.67. The van der Waals surface area contributed by atoms with Crippen molar-refractivity contribution in [3.63, 3.8) is 0 Å². The van der Waals surface area contributed by atoms with E-state index in [1.807, 2.05) is 42.3 Å². The number of nitrogens with one attached hydrogen (secondary N) is 1. The second-order valence-electron chi connectivity index (χ2n) is 6.03. The van der Waals surface area contributed by atoms with Crippen molar-refractivity contribution in [3.05, 3.63) is 59.1 Å². The molecule has 0 aliphatic rings. The fourth-order valence-corrected chi connectivity index (χ4v) is 2.61. The molecule has 0 radical (unpaired) electrons. The standard InChI is InChI=1S/C20H25ClN4O3/c1-23-20(25(2)9-10-27-18-8-4-6-16(21)12-18)24-13-15-5-3-7-17(11-15)28-14-19(22)26/h3-8,11-12H,9-10,13-14H2,1-2H3,(H2,22,26)(H,23,24). The van der Waals surface area contributed by atoms with E-state index >= 15 is 0 Å². The number of primary amides is 1. The van der Waals surface area contributed by atoms with Gasteiger partial charge in [-0.3, -0.25) is 9.79 Å². The first-order valence-corrected chi connectivity index (χ1v) is 9.16. The number of guanidine groups is 1. The van der Waals surface area contributed by atoms with Crippen LogP contribution in [0.5, 0.6) is 11.5 Å². The third kappa shape index (κ3) is 7.36. The molecule has 3 N–H and O–H groups in total. The SMILES string of the molecule is CN=C(NCc1cccc(OCC(N)=O)c1)N(C)CCOc1cccc(Cl)c1.